The normalized spacial score (nSPS) is 11.3. The van der Waals surface area contributed by atoms with Crippen molar-refractivity contribution in [1.82, 2.24) is 5.32 Å². The Morgan fingerprint density at radius 2 is 1.56 bits per heavy atom. The number of ether oxygens (including phenoxy) is 1. The Hall–Kier alpha value is -0.213. The zero-order valence-electron chi connectivity index (χ0n) is 11.8. The van der Waals surface area contributed by atoms with E-state index in [4.69, 9.17) is 30.2 Å². The van der Waals surface area contributed by atoms with Crippen LogP contribution in [0.25, 0.3) is 0 Å². The minimum absolute atomic E-state index is 0.409. The summed E-state index contributed by atoms with van der Waals surface area (Å²) in [5.41, 5.74) is 0. The third kappa shape index (κ3) is 7.27. The van der Waals surface area contributed by atoms with E-state index in [0.717, 1.165) is 19.0 Å². The third-order valence-corrected chi connectivity index (χ3v) is 5.67. The molecule has 0 aliphatic heterocycles. The summed E-state index contributed by atoms with van der Waals surface area (Å²) in [6, 6.07) is 0.780. The van der Waals surface area contributed by atoms with Gasteiger partial charge in [0.1, 0.15) is 0 Å². The number of methoxy groups -OCH3 is 1. The van der Waals surface area contributed by atoms with Crippen LogP contribution in [0, 0.1) is 0 Å². The van der Waals surface area contributed by atoms with Crippen LogP contribution in [-0.4, -0.2) is 47.5 Å². The predicted molar refractivity (Wildman–Crippen MR) is 77.7 cm³/mol. The fourth-order valence-corrected chi connectivity index (χ4v) is 4.28. The molecule has 0 heterocycles. The molecule has 18 heavy (non-hydrogen) atoms. The minimum Gasteiger partial charge on any atom is -0.474 e. The van der Waals surface area contributed by atoms with Gasteiger partial charge in [-0.05, 0) is 39.4 Å². The summed E-state index contributed by atoms with van der Waals surface area (Å²) in [6.07, 6.45) is 0.871. The molecule has 108 valence electrons. The van der Waals surface area contributed by atoms with E-state index < -0.39 is 8.80 Å². The second-order valence-electron chi connectivity index (χ2n) is 3.50. The second-order valence-corrected chi connectivity index (χ2v) is 6.61. The largest absolute Gasteiger partial charge is 0.500 e. The van der Waals surface area contributed by atoms with Crippen LogP contribution in [-0.2, 0) is 18.0 Å². The highest BCUT2D eigenvalue weighted by atomic mass is 32.1. The van der Waals surface area contributed by atoms with E-state index in [0.29, 0.717) is 25.0 Å². The van der Waals surface area contributed by atoms with E-state index in [9.17, 15) is 0 Å². The van der Waals surface area contributed by atoms with E-state index in [-0.39, 0.29) is 0 Å². The van der Waals surface area contributed by atoms with Crippen LogP contribution in [0.3, 0.4) is 0 Å². The smallest absolute Gasteiger partial charge is 0.474 e. The molecule has 0 bridgehead atoms. The van der Waals surface area contributed by atoms with Crippen molar-refractivity contribution >= 4 is 26.2 Å². The summed E-state index contributed by atoms with van der Waals surface area (Å²) < 4.78 is 22.1. The molecule has 0 amide bonds. The molecule has 0 saturated heterocycles. The van der Waals surface area contributed by atoms with Gasteiger partial charge < -0.3 is 23.3 Å². The topological polar surface area (TPSA) is 49.0 Å². The van der Waals surface area contributed by atoms with Crippen molar-refractivity contribution < 1.29 is 18.0 Å². The monoisotopic (exact) mass is 295 g/mol. The average Bonchev–Trinajstić information content (AvgIpc) is 2.35. The maximum Gasteiger partial charge on any atom is 0.500 e. The third-order valence-electron chi connectivity index (χ3n) is 2.21. The molecule has 0 aliphatic rings. The van der Waals surface area contributed by atoms with E-state index >= 15 is 0 Å². The zero-order chi connectivity index (χ0) is 13.9. The van der Waals surface area contributed by atoms with Crippen LogP contribution in [0.2, 0.25) is 6.04 Å². The van der Waals surface area contributed by atoms with Crippen molar-refractivity contribution in [3.8, 4) is 0 Å². The van der Waals surface area contributed by atoms with Crippen LogP contribution in [0.1, 0.15) is 27.2 Å². The summed E-state index contributed by atoms with van der Waals surface area (Å²) in [7, 11) is -0.951. The van der Waals surface area contributed by atoms with Gasteiger partial charge in [0.2, 0.25) is 0 Å². The molecule has 1 N–H and O–H groups in total. The van der Waals surface area contributed by atoms with Crippen molar-refractivity contribution in [2.45, 2.75) is 33.2 Å². The number of rotatable bonds is 10. The van der Waals surface area contributed by atoms with Gasteiger partial charge in [0.05, 0.1) is 7.11 Å². The molecular formula is C11H25NO4SSi. The van der Waals surface area contributed by atoms with Gasteiger partial charge in [0.25, 0.3) is 5.17 Å². The van der Waals surface area contributed by atoms with Gasteiger partial charge in [-0.3, -0.25) is 0 Å². The molecule has 0 aromatic heterocycles. The number of hydrogen-bond donors (Lipinski definition) is 1. The Kier molecular flexibility index (Phi) is 10.6. The maximum absolute atomic E-state index is 5.75. The zero-order valence-corrected chi connectivity index (χ0v) is 13.6. The lowest BCUT2D eigenvalue weighted by atomic mass is 10.5. The summed E-state index contributed by atoms with van der Waals surface area (Å²) in [5.74, 6) is 0. The van der Waals surface area contributed by atoms with E-state index in [1.54, 1.807) is 7.11 Å². The molecule has 5 nitrogen and oxygen atoms in total. The number of thiocarbonyl (C=S) groups is 1. The van der Waals surface area contributed by atoms with Gasteiger partial charge in [-0.25, -0.2) is 0 Å². The molecule has 0 aliphatic carbocycles. The SMILES string of the molecule is CCO[Si](CCCNC(=S)OC)(OCC)OCC. The molecule has 0 aromatic rings. The molecule has 0 atom stereocenters. The van der Waals surface area contributed by atoms with Gasteiger partial charge >= 0.3 is 8.80 Å². The van der Waals surface area contributed by atoms with E-state index in [2.05, 4.69) is 5.32 Å². The van der Waals surface area contributed by atoms with Crippen LogP contribution in [0.15, 0.2) is 0 Å². The molecule has 0 fully saturated rings. The van der Waals surface area contributed by atoms with Crippen molar-refractivity contribution in [3.05, 3.63) is 0 Å². The van der Waals surface area contributed by atoms with Crippen molar-refractivity contribution in [2.75, 3.05) is 33.5 Å². The Morgan fingerprint density at radius 1 is 1.06 bits per heavy atom. The molecule has 0 saturated carbocycles. The number of nitrogens with one attached hydrogen (secondary N) is 1. The Balaban J connectivity index is 4.16. The van der Waals surface area contributed by atoms with Crippen molar-refractivity contribution in [3.63, 3.8) is 0 Å². The Bertz CT molecular complexity index is 214. The summed E-state index contributed by atoms with van der Waals surface area (Å²) in [6.45, 7) is 8.42. The lowest BCUT2D eigenvalue weighted by Crippen LogP contribution is -2.46. The highest BCUT2D eigenvalue weighted by Gasteiger charge is 2.39. The molecule has 0 radical (unpaired) electrons. The predicted octanol–water partition coefficient (Wildman–Crippen LogP) is 1.95. The molecule has 0 aromatic carbocycles. The fraction of sp³-hybridized carbons (Fsp3) is 0.909. The first-order valence-electron chi connectivity index (χ1n) is 6.37. The maximum atomic E-state index is 5.75. The van der Waals surface area contributed by atoms with E-state index in [1.807, 2.05) is 20.8 Å². The first kappa shape index (κ1) is 17.8. The fourth-order valence-electron chi connectivity index (χ4n) is 1.57. The molecule has 0 rings (SSSR count). The molecule has 7 heteroatoms. The van der Waals surface area contributed by atoms with Gasteiger partial charge in [-0.2, -0.15) is 0 Å². The Morgan fingerprint density at radius 3 is 1.94 bits per heavy atom. The molecule has 0 spiro atoms. The minimum atomic E-state index is -2.50. The quantitative estimate of drug-likeness (QED) is 0.378. The summed E-state index contributed by atoms with van der Waals surface area (Å²) >= 11 is 4.90. The van der Waals surface area contributed by atoms with Gasteiger partial charge in [0, 0.05) is 32.4 Å². The van der Waals surface area contributed by atoms with Crippen molar-refractivity contribution in [1.29, 1.82) is 0 Å². The van der Waals surface area contributed by atoms with Gasteiger partial charge in [-0.1, -0.05) is 0 Å². The highest BCUT2D eigenvalue weighted by Crippen LogP contribution is 2.17. The lowest BCUT2D eigenvalue weighted by Gasteiger charge is -2.28. The van der Waals surface area contributed by atoms with E-state index in [1.165, 1.54) is 0 Å². The first-order valence-corrected chi connectivity index (χ1v) is 8.71. The van der Waals surface area contributed by atoms with Gasteiger partial charge in [-0.15, -0.1) is 0 Å². The molecular weight excluding hydrogens is 270 g/mol. The number of hydrogen-bond acceptors (Lipinski definition) is 5. The summed E-state index contributed by atoms with van der Waals surface area (Å²) in [4.78, 5) is 0. The van der Waals surface area contributed by atoms with Crippen LogP contribution < -0.4 is 5.32 Å². The lowest BCUT2D eigenvalue weighted by molar-refractivity contribution is 0.0709. The Labute approximate surface area is 117 Å². The van der Waals surface area contributed by atoms with Gasteiger partial charge in [0.15, 0.2) is 0 Å². The second kappa shape index (κ2) is 10.7. The van der Waals surface area contributed by atoms with Crippen LogP contribution in [0.4, 0.5) is 0 Å². The van der Waals surface area contributed by atoms with Crippen LogP contribution >= 0.6 is 12.2 Å². The standard InChI is InChI=1S/C11H25NO4SSi/c1-5-14-18(15-6-2,16-7-3)10-8-9-12-11(17)13-4/h5-10H2,1-4H3,(H,12,17). The first-order chi connectivity index (χ1) is 8.64. The molecule has 0 unspecified atom stereocenters. The summed E-state index contributed by atoms with van der Waals surface area (Å²) in [5, 5.41) is 3.40. The van der Waals surface area contributed by atoms with Crippen molar-refractivity contribution in [2.24, 2.45) is 0 Å². The average molecular weight is 295 g/mol. The van der Waals surface area contributed by atoms with Crippen LogP contribution in [0.5, 0.6) is 0 Å². The highest BCUT2D eigenvalue weighted by molar-refractivity contribution is 7.80.